The molecule has 7 heteroatoms. The molecule has 0 saturated heterocycles. The van der Waals surface area contributed by atoms with Crippen LogP contribution in [0.25, 0.3) is 16.2 Å². The van der Waals surface area contributed by atoms with E-state index in [2.05, 4.69) is 27.9 Å². The lowest BCUT2D eigenvalue weighted by Gasteiger charge is -2.10. The quantitative estimate of drug-likeness (QED) is 0.375. The zero-order valence-electron chi connectivity index (χ0n) is 13.1. The van der Waals surface area contributed by atoms with Gasteiger partial charge in [-0.25, -0.2) is 13.8 Å². The number of imidazole rings is 1. The second-order valence-corrected chi connectivity index (χ2v) is 7.56. The maximum atomic E-state index is 13.5. The third-order valence-electron chi connectivity index (χ3n) is 3.83. The maximum Gasteiger partial charge on any atom is 0.196 e. The molecular weight excluding hydrogens is 455 g/mol. The van der Waals surface area contributed by atoms with Crippen molar-refractivity contribution in [3.63, 3.8) is 0 Å². The monoisotopic (exact) mass is 467 g/mol. The molecule has 0 aliphatic heterocycles. The van der Waals surface area contributed by atoms with Gasteiger partial charge in [0.1, 0.15) is 23.1 Å². The van der Waals surface area contributed by atoms with Gasteiger partial charge in [0, 0.05) is 25.9 Å². The molecule has 0 aliphatic carbocycles. The van der Waals surface area contributed by atoms with Crippen LogP contribution in [-0.2, 0) is 0 Å². The second-order valence-electron chi connectivity index (χ2n) is 5.56. The molecule has 0 unspecified atom stereocenters. The normalized spacial score (nSPS) is 11.2. The summed E-state index contributed by atoms with van der Waals surface area (Å²) in [5, 5.41) is 5.36. The van der Waals surface area contributed by atoms with Crippen molar-refractivity contribution in [1.82, 2.24) is 9.38 Å². The number of hydrogen-bond donors (Lipinski definition) is 1. The molecule has 126 valence electrons. The van der Waals surface area contributed by atoms with Gasteiger partial charge in [-0.3, -0.25) is 4.40 Å². The van der Waals surface area contributed by atoms with Crippen LogP contribution in [0.2, 0.25) is 0 Å². The Balaban J connectivity index is 1.90. The summed E-state index contributed by atoms with van der Waals surface area (Å²) in [5.74, 6) is 0.215. The number of aryl methyl sites for hydroxylation is 1. The van der Waals surface area contributed by atoms with Crippen molar-refractivity contribution < 1.29 is 8.78 Å². The van der Waals surface area contributed by atoms with Crippen LogP contribution in [0.15, 0.2) is 47.8 Å². The Morgan fingerprint density at radius 2 is 1.80 bits per heavy atom. The Labute approximate surface area is 160 Å². The van der Waals surface area contributed by atoms with E-state index in [0.717, 1.165) is 37.0 Å². The molecule has 0 aliphatic rings. The van der Waals surface area contributed by atoms with E-state index >= 15 is 0 Å². The first-order valence-corrected chi connectivity index (χ1v) is 9.43. The van der Waals surface area contributed by atoms with Gasteiger partial charge >= 0.3 is 0 Å². The van der Waals surface area contributed by atoms with Gasteiger partial charge < -0.3 is 5.32 Å². The highest BCUT2D eigenvalue weighted by atomic mass is 127. The Morgan fingerprint density at radius 3 is 2.52 bits per heavy atom. The molecule has 4 rings (SSSR count). The highest BCUT2D eigenvalue weighted by Crippen LogP contribution is 2.36. The second kappa shape index (κ2) is 6.38. The molecule has 0 atom stereocenters. The van der Waals surface area contributed by atoms with Crippen LogP contribution in [0.4, 0.5) is 20.3 Å². The predicted octanol–water partition coefficient (Wildman–Crippen LogP) is 6.00. The van der Waals surface area contributed by atoms with E-state index in [9.17, 15) is 8.78 Å². The van der Waals surface area contributed by atoms with Crippen LogP contribution in [-0.4, -0.2) is 9.38 Å². The first kappa shape index (κ1) is 16.5. The van der Waals surface area contributed by atoms with E-state index < -0.39 is 0 Å². The SMILES string of the molecule is Cc1csc2nc(-c3ccc(F)cc3I)c(Nc3ccc(F)cc3)n12. The van der Waals surface area contributed by atoms with Gasteiger partial charge in [0.15, 0.2) is 4.96 Å². The van der Waals surface area contributed by atoms with Crippen molar-refractivity contribution in [3.8, 4) is 11.3 Å². The molecular formula is C18H12F2IN3S. The molecule has 4 aromatic rings. The highest BCUT2D eigenvalue weighted by molar-refractivity contribution is 14.1. The first-order chi connectivity index (χ1) is 12.0. The van der Waals surface area contributed by atoms with Gasteiger partial charge in [0.25, 0.3) is 0 Å². The van der Waals surface area contributed by atoms with Crippen LogP contribution in [0.5, 0.6) is 0 Å². The Morgan fingerprint density at radius 1 is 1.08 bits per heavy atom. The van der Waals surface area contributed by atoms with Gasteiger partial charge in [-0.15, -0.1) is 11.3 Å². The number of halogens is 3. The van der Waals surface area contributed by atoms with E-state index in [-0.39, 0.29) is 11.6 Å². The number of rotatable bonds is 3. The molecule has 0 fully saturated rings. The molecule has 3 nitrogen and oxygen atoms in total. The van der Waals surface area contributed by atoms with Crippen LogP contribution < -0.4 is 5.32 Å². The topological polar surface area (TPSA) is 29.3 Å². The number of benzene rings is 2. The predicted molar refractivity (Wildman–Crippen MR) is 106 cm³/mol. The average Bonchev–Trinajstić information content (AvgIpc) is 3.11. The van der Waals surface area contributed by atoms with Crippen LogP contribution >= 0.6 is 33.9 Å². The van der Waals surface area contributed by atoms with Crippen molar-refractivity contribution in [2.75, 3.05) is 5.32 Å². The summed E-state index contributed by atoms with van der Waals surface area (Å²) >= 11 is 3.65. The lowest BCUT2D eigenvalue weighted by Crippen LogP contribution is -1.98. The fraction of sp³-hybridized carbons (Fsp3) is 0.0556. The number of anilines is 2. The van der Waals surface area contributed by atoms with Crippen molar-refractivity contribution in [2.24, 2.45) is 0 Å². The van der Waals surface area contributed by atoms with E-state index in [1.807, 2.05) is 16.7 Å². The summed E-state index contributed by atoms with van der Waals surface area (Å²) in [6, 6.07) is 10.8. The summed E-state index contributed by atoms with van der Waals surface area (Å²) < 4.78 is 29.5. The lowest BCUT2D eigenvalue weighted by atomic mass is 10.1. The zero-order chi connectivity index (χ0) is 17.6. The minimum atomic E-state index is -0.288. The van der Waals surface area contributed by atoms with E-state index in [4.69, 9.17) is 4.98 Å². The molecule has 2 aromatic heterocycles. The van der Waals surface area contributed by atoms with Crippen LogP contribution in [0, 0.1) is 22.1 Å². The molecule has 0 radical (unpaired) electrons. The molecule has 25 heavy (non-hydrogen) atoms. The molecule has 0 saturated carbocycles. The first-order valence-electron chi connectivity index (χ1n) is 7.47. The molecule has 0 amide bonds. The summed E-state index contributed by atoms with van der Waals surface area (Å²) in [7, 11) is 0. The standard InChI is InChI=1S/C18H12F2IN3S/c1-10-9-25-18-23-16(14-7-4-12(20)8-15(14)21)17(24(10)18)22-13-5-2-11(19)3-6-13/h2-9,22H,1H3. The number of thiazole rings is 1. The molecule has 0 bridgehead atoms. The summed E-state index contributed by atoms with van der Waals surface area (Å²) in [6.07, 6.45) is 0. The highest BCUT2D eigenvalue weighted by Gasteiger charge is 2.19. The minimum absolute atomic E-state index is 0.279. The largest absolute Gasteiger partial charge is 0.339 e. The fourth-order valence-corrected chi connectivity index (χ4v) is 4.25. The number of hydrogen-bond acceptors (Lipinski definition) is 3. The van der Waals surface area contributed by atoms with Crippen LogP contribution in [0.1, 0.15) is 5.69 Å². The average molecular weight is 467 g/mol. The smallest absolute Gasteiger partial charge is 0.196 e. The van der Waals surface area contributed by atoms with E-state index in [1.165, 1.54) is 24.3 Å². The van der Waals surface area contributed by atoms with Crippen molar-refractivity contribution >= 4 is 50.4 Å². The number of nitrogens with zero attached hydrogens (tertiary/aromatic N) is 2. The number of fused-ring (bicyclic) bond motifs is 1. The zero-order valence-corrected chi connectivity index (χ0v) is 16.0. The molecule has 0 spiro atoms. The summed E-state index contributed by atoms with van der Waals surface area (Å²) in [5.41, 5.74) is 3.39. The minimum Gasteiger partial charge on any atom is -0.339 e. The third kappa shape index (κ3) is 3.02. The molecule has 1 N–H and O–H groups in total. The Bertz CT molecular complexity index is 1070. The maximum absolute atomic E-state index is 13.5. The van der Waals surface area contributed by atoms with Crippen molar-refractivity contribution in [1.29, 1.82) is 0 Å². The van der Waals surface area contributed by atoms with Gasteiger partial charge in [-0.2, -0.15) is 0 Å². The number of aromatic nitrogens is 2. The van der Waals surface area contributed by atoms with Crippen molar-refractivity contribution in [3.05, 3.63) is 68.7 Å². The van der Waals surface area contributed by atoms with Gasteiger partial charge in [0.05, 0.1) is 0 Å². The Hall–Kier alpha value is -2.00. The van der Waals surface area contributed by atoms with Gasteiger partial charge in [-0.05, 0) is 72.0 Å². The number of nitrogens with one attached hydrogen (secondary N) is 1. The molecule has 2 heterocycles. The van der Waals surface area contributed by atoms with Gasteiger partial charge in [0.2, 0.25) is 0 Å². The van der Waals surface area contributed by atoms with E-state index in [0.29, 0.717) is 0 Å². The Kier molecular flexibility index (Phi) is 4.20. The van der Waals surface area contributed by atoms with Crippen LogP contribution in [0.3, 0.4) is 0 Å². The summed E-state index contributed by atoms with van der Waals surface area (Å²) in [6.45, 7) is 2.00. The van der Waals surface area contributed by atoms with Crippen molar-refractivity contribution in [2.45, 2.75) is 6.92 Å². The van der Waals surface area contributed by atoms with Gasteiger partial charge in [-0.1, -0.05) is 0 Å². The fourth-order valence-electron chi connectivity index (χ4n) is 2.65. The third-order valence-corrected chi connectivity index (χ3v) is 5.66. The summed E-state index contributed by atoms with van der Waals surface area (Å²) in [4.78, 5) is 5.57. The lowest BCUT2D eigenvalue weighted by molar-refractivity contribution is 0.627. The molecule has 2 aromatic carbocycles. The van der Waals surface area contributed by atoms with E-state index in [1.54, 1.807) is 29.5 Å².